The van der Waals surface area contributed by atoms with Crippen LogP contribution in [0.2, 0.25) is 0 Å². The summed E-state index contributed by atoms with van der Waals surface area (Å²) in [5, 5.41) is 3.87. The molecule has 0 radical (unpaired) electrons. The van der Waals surface area contributed by atoms with Gasteiger partial charge in [0, 0.05) is 42.8 Å². The van der Waals surface area contributed by atoms with Crippen LogP contribution in [0, 0.1) is 5.41 Å². The molecule has 1 amide bonds. The number of nitrogens with zero attached hydrogens (tertiary/aromatic N) is 2. The predicted molar refractivity (Wildman–Crippen MR) is 96.0 cm³/mol. The van der Waals surface area contributed by atoms with Gasteiger partial charge in [-0.3, -0.25) is 4.79 Å². The highest BCUT2D eigenvalue weighted by Gasteiger charge is 2.47. The minimum atomic E-state index is -0.153. The van der Waals surface area contributed by atoms with Crippen molar-refractivity contribution in [3.05, 3.63) is 46.8 Å². The Labute approximate surface area is 151 Å². The molecule has 2 atom stereocenters. The SMILES string of the molecule is O=C(c1ccsc1)N1CC[C@@H]2OCCC[C@]2(COc2ccccn2)C1. The van der Waals surface area contributed by atoms with Gasteiger partial charge in [0.15, 0.2) is 0 Å². The molecule has 0 N–H and O–H groups in total. The number of likely N-dealkylation sites (tertiary alicyclic amines) is 1. The van der Waals surface area contributed by atoms with Crippen LogP contribution >= 0.6 is 11.3 Å². The second-order valence-corrected chi connectivity index (χ2v) is 7.59. The molecule has 2 fully saturated rings. The number of thiophene rings is 1. The first-order chi connectivity index (χ1) is 12.3. The predicted octanol–water partition coefficient (Wildman–Crippen LogP) is 3.23. The zero-order valence-electron chi connectivity index (χ0n) is 14.1. The Balaban J connectivity index is 1.51. The van der Waals surface area contributed by atoms with E-state index in [9.17, 15) is 4.79 Å². The van der Waals surface area contributed by atoms with Crippen LogP contribution in [-0.2, 0) is 4.74 Å². The third-order valence-electron chi connectivity index (χ3n) is 5.19. The smallest absolute Gasteiger partial charge is 0.254 e. The molecule has 2 aliphatic heterocycles. The minimum Gasteiger partial charge on any atom is -0.477 e. The highest BCUT2D eigenvalue weighted by Crippen LogP contribution is 2.41. The van der Waals surface area contributed by atoms with Crippen molar-refractivity contribution in [1.29, 1.82) is 0 Å². The zero-order valence-corrected chi connectivity index (χ0v) is 14.9. The molecule has 2 aliphatic rings. The molecule has 6 heteroatoms. The van der Waals surface area contributed by atoms with E-state index in [1.807, 2.05) is 39.9 Å². The maximum Gasteiger partial charge on any atom is 0.254 e. The van der Waals surface area contributed by atoms with E-state index >= 15 is 0 Å². The number of rotatable bonds is 4. The van der Waals surface area contributed by atoms with Gasteiger partial charge >= 0.3 is 0 Å². The summed E-state index contributed by atoms with van der Waals surface area (Å²) >= 11 is 1.56. The number of pyridine rings is 1. The summed E-state index contributed by atoms with van der Waals surface area (Å²) in [5.74, 6) is 0.741. The van der Waals surface area contributed by atoms with E-state index in [0.717, 1.165) is 38.0 Å². The lowest BCUT2D eigenvalue weighted by Gasteiger charge is -2.50. The van der Waals surface area contributed by atoms with Gasteiger partial charge in [0.1, 0.15) is 0 Å². The Morgan fingerprint density at radius 3 is 3.20 bits per heavy atom. The highest BCUT2D eigenvalue weighted by molar-refractivity contribution is 7.08. The summed E-state index contributed by atoms with van der Waals surface area (Å²) < 4.78 is 12.1. The van der Waals surface area contributed by atoms with E-state index in [2.05, 4.69) is 4.98 Å². The van der Waals surface area contributed by atoms with Crippen LogP contribution in [-0.4, -0.2) is 48.2 Å². The fraction of sp³-hybridized carbons (Fsp3) is 0.474. The number of carbonyl (C=O) groups is 1. The standard InChI is InChI=1S/C19H22N2O3S/c22-18(15-6-11-25-12-15)21-9-5-16-19(13-21,7-3-10-23-16)14-24-17-4-1-2-8-20-17/h1-2,4,6,8,11-12,16H,3,5,7,9-10,13-14H2/t16-,19+/m0/s1. The number of fused-ring (bicyclic) bond motifs is 1. The molecule has 0 aliphatic carbocycles. The Morgan fingerprint density at radius 1 is 1.44 bits per heavy atom. The molecule has 0 spiro atoms. The van der Waals surface area contributed by atoms with Crippen molar-refractivity contribution >= 4 is 17.2 Å². The van der Waals surface area contributed by atoms with Crippen LogP contribution in [0.4, 0.5) is 0 Å². The Kier molecular flexibility index (Phi) is 4.72. The third kappa shape index (κ3) is 3.41. The first kappa shape index (κ1) is 16.5. The van der Waals surface area contributed by atoms with Gasteiger partial charge in [0.05, 0.1) is 18.3 Å². The molecular weight excluding hydrogens is 336 g/mol. The summed E-state index contributed by atoms with van der Waals surface area (Å²) in [7, 11) is 0. The Bertz CT molecular complexity index is 707. The largest absolute Gasteiger partial charge is 0.477 e. The lowest BCUT2D eigenvalue weighted by molar-refractivity contribution is -0.133. The summed E-state index contributed by atoms with van der Waals surface area (Å²) in [5.41, 5.74) is 0.626. The molecule has 2 aromatic rings. The summed E-state index contributed by atoms with van der Waals surface area (Å²) in [6.07, 6.45) is 4.76. The number of amides is 1. The average molecular weight is 358 g/mol. The van der Waals surface area contributed by atoms with E-state index < -0.39 is 0 Å². The van der Waals surface area contributed by atoms with Gasteiger partial charge < -0.3 is 14.4 Å². The van der Waals surface area contributed by atoms with Crippen molar-refractivity contribution in [3.63, 3.8) is 0 Å². The second kappa shape index (κ2) is 7.14. The molecule has 4 rings (SSSR count). The maximum absolute atomic E-state index is 12.8. The van der Waals surface area contributed by atoms with E-state index in [4.69, 9.17) is 9.47 Å². The number of piperidine rings is 1. The van der Waals surface area contributed by atoms with E-state index in [1.165, 1.54) is 0 Å². The normalized spacial score (nSPS) is 26.1. The van der Waals surface area contributed by atoms with Gasteiger partial charge in [0.2, 0.25) is 5.88 Å². The number of ether oxygens (including phenoxy) is 2. The van der Waals surface area contributed by atoms with Crippen LogP contribution in [0.25, 0.3) is 0 Å². The molecule has 4 heterocycles. The summed E-state index contributed by atoms with van der Waals surface area (Å²) in [6.45, 7) is 2.75. The number of carbonyl (C=O) groups excluding carboxylic acids is 1. The van der Waals surface area contributed by atoms with Crippen LogP contribution in [0.5, 0.6) is 5.88 Å². The minimum absolute atomic E-state index is 0.113. The monoisotopic (exact) mass is 358 g/mol. The van der Waals surface area contributed by atoms with Crippen LogP contribution < -0.4 is 4.74 Å². The molecule has 0 unspecified atom stereocenters. The summed E-state index contributed by atoms with van der Waals surface area (Å²) in [4.78, 5) is 19.0. The quantitative estimate of drug-likeness (QED) is 0.842. The van der Waals surface area contributed by atoms with Gasteiger partial charge in [0.25, 0.3) is 5.91 Å². The summed E-state index contributed by atoms with van der Waals surface area (Å²) in [6, 6.07) is 7.56. The third-order valence-corrected chi connectivity index (χ3v) is 5.87. The molecule has 5 nitrogen and oxygen atoms in total. The van der Waals surface area contributed by atoms with Crippen molar-refractivity contribution in [3.8, 4) is 5.88 Å². The Morgan fingerprint density at radius 2 is 2.40 bits per heavy atom. The van der Waals surface area contributed by atoms with Crippen molar-refractivity contribution in [2.45, 2.75) is 25.4 Å². The molecule has 0 bridgehead atoms. The zero-order chi connectivity index (χ0) is 17.1. The molecule has 2 saturated heterocycles. The van der Waals surface area contributed by atoms with Crippen molar-refractivity contribution < 1.29 is 14.3 Å². The van der Waals surface area contributed by atoms with E-state index in [-0.39, 0.29) is 17.4 Å². The molecule has 2 aromatic heterocycles. The second-order valence-electron chi connectivity index (χ2n) is 6.81. The highest BCUT2D eigenvalue weighted by atomic mass is 32.1. The lowest BCUT2D eigenvalue weighted by Crippen LogP contribution is -2.58. The van der Waals surface area contributed by atoms with Crippen LogP contribution in [0.15, 0.2) is 41.2 Å². The van der Waals surface area contributed by atoms with Crippen molar-refractivity contribution in [1.82, 2.24) is 9.88 Å². The van der Waals surface area contributed by atoms with E-state index in [0.29, 0.717) is 19.0 Å². The van der Waals surface area contributed by atoms with Gasteiger partial charge in [-0.15, -0.1) is 0 Å². The molecule has 0 saturated carbocycles. The Hall–Kier alpha value is -1.92. The first-order valence-corrected chi connectivity index (χ1v) is 9.68. The van der Waals surface area contributed by atoms with Crippen molar-refractivity contribution in [2.24, 2.45) is 5.41 Å². The van der Waals surface area contributed by atoms with Gasteiger partial charge in [-0.2, -0.15) is 11.3 Å². The number of aromatic nitrogens is 1. The molecule has 25 heavy (non-hydrogen) atoms. The van der Waals surface area contributed by atoms with Crippen LogP contribution in [0.1, 0.15) is 29.6 Å². The fourth-order valence-electron chi connectivity index (χ4n) is 3.89. The maximum atomic E-state index is 12.8. The van der Waals surface area contributed by atoms with Gasteiger partial charge in [-0.05, 0) is 36.8 Å². The molecule has 0 aromatic carbocycles. The fourth-order valence-corrected chi connectivity index (χ4v) is 4.52. The van der Waals surface area contributed by atoms with Gasteiger partial charge in [-0.1, -0.05) is 6.07 Å². The molecule has 132 valence electrons. The number of hydrogen-bond donors (Lipinski definition) is 0. The lowest BCUT2D eigenvalue weighted by atomic mass is 9.73. The van der Waals surface area contributed by atoms with Crippen molar-refractivity contribution in [2.75, 3.05) is 26.3 Å². The molecular formula is C19H22N2O3S. The van der Waals surface area contributed by atoms with E-state index in [1.54, 1.807) is 17.5 Å². The average Bonchev–Trinajstić information content (AvgIpc) is 3.21. The van der Waals surface area contributed by atoms with Gasteiger partial charge in [-0.25, -0.2) is 4.98 Å². The van der Waals surface area contributed by atoms with Crippen LogP contribution in [0.3, 0.4) is 0 Å². The first-order valence-electron chi connectivity index (χ1n) is 8.74. The number of hydrogen-bond acceptors (Lipinski definition) is 5. The topological polar surface area (TPSA) is 51.7 Å².